The average Bonchev–Trinajstić information content (AvgIpc) is 2.81. The minimum absolute atomic E-state index is 0.115. The molecule has 0 saturated heterocycles. The van der Waals surface area contributed by atoms with E-state index in [9.17, 15) is 18.0 Å². The fourth-order valence-electron chi connectivity index (χ4n) is 4.15. The molecule has 176 valence electrons. The number of hydrogen-bond acceptors (Lipinski definition) is 5. The van der Waals surface area contributed by atoms with Gasteiger partial charge in [0, 0.05) is 19.7 Å². The van der Waals surface area contributed by atoms with Crippen LogP contribution in [0.3, 0.4) is 0 Å². The SMILES string of the molecule is CC(=O)N1c2ccc(-c3ccc(S(C)(=O)=O)cc3)cc2N(C(=O)OCc2ccccc2)CC1C. The highest BCUT2D eigenvalue weighted by Gasteiger charge is 2.34. The molecule has 0 aliphatic carbocycles. The zero-order valence-corrected chi connectivity index (χ0v) is 20.1. The van der Waals surface area contributed by atoms with E-state index in [2.05, 4.69) is 0 Å². The summed E-state index contributed by atoms with van der Waals surface area (Å²) in [7, 11) is -3.30. The molecule has 1 atom stereocenters. The largest absolute Gasteiger partial charge is 0.444 e. The van der Waals surface area contributed by atoms with Crippen LogP contribution in [0.1, 0.15) is 19.4 Å². The van der Waals surface area contributed by atoms with E-state index >= 15 is 0 Å². The van der Waals surface area contributed by atoms with Gasteiger partial charge in [0.05, 0.1) is 22.3 Å². The van der Waals surface area contributed by atoms with E-state index in [0.29, 0.717) is 11.4 Å². The Balaban J connectivity index is 1.69. The van der Waals surface area contributed by atoms with Gasteiger partial charge in [-0.25, -0.2) is 13.2 Å². The quantitative estimate of drug-likeness (QED) is 0.545. The van der Waals surface area contributed by atoms with Crippen LogP contribution >= 0.6 is 0 Å². The van der Waals surface area contributed by atoms with Crippen molar-refractivity contribution in [1.29, 1.82) is 0 Å². The van der Waals surface area contributed by atoms with Crippen LogP contribution in [0.25, 0.3) is 11.1 Å². The van der Waals surface area contributed by atoms with Crippen molar-refractivity contribution < 1.29 is 22.7 Å². The topological polar surface area (TPSA) is 84.0 Å². The Labute approximate surface area is 199 Å². The van der Waals surface area contributed by atoms with Gasteiger partial charge in [0.1, 0.15) is 6.61 Å². The molecule has 3 aromatic carbocycles. The van der Waals surface area contributed by atoms with Gasteiger partial charge in [-0.05, 0) is 47.9 Å². The molecule has 3 aromatic rings. The maximum Gasteiger partial charge on any atom is 0.414 e. The first-order valence-corrected chi connectivity index (χ1v) is 12.8. The first-order valence-electron chi connectivity index (χ1n) is 10.9. The van der Waals surface area contributed by atoms with Gasteiger partial charge in [-0.15, -0.1) is 0 Å². The Hall–Kier alpha value is -3.65. The fourth-order valence-corrected chi connectivity index (χ4v) is 4.78. The molecule has 4 rings (SSSR count). The highest BCUT2D eigenvalue weighted by Crippen LogP contribution is 2.39. The Kier molecular flexibility index (Phi) is 6.43. The van der Waals surface area contributed by atoms with Crippen molar-refractivity contribution in [3.8, 4) is 11.1 Å². The van der Waals surface area contributed by atoms with E-state index in [-0.39, 0.29) is 30.0 Å². The predicted molar refractivity (Wildman–Crippen MR) is 132 cm³/mol. The minimum atomic E-state index is -3.30. The molecule has 8 heteroatoms. The molecule has 7 nitrogen and oxygen atoms in total. The number of anilines is 2. The maximum atomic E-state index is 13.1. The summed E-state index contributed by atoms with van der Waals surface area (Å²) < 4.78 is 29.2. The van der Waals surface area contributed by atoms with Crippen molar-refractivity contribution in [2.75, 3.05) is 22.6 Å². The number of sulfone groups is 1. The summed E-state index contributed by atoms with van der Waals surface area (Å²) in [5.74, 6) is -0.115. The number of rotatable bonds is 4. The number of nitrogens with zero attached hydrogens (tertiary/aromatic N) is 2. The predicted octanol–water partition coefficient (Wildman–Crippen LogP) is 4.66. The van der Waals surface area contributed by atoms with Gasteiger partial charge in [0.25, 0.3) is 0 Å². The molecule has 1 heterocycles. The lowest BCUT2D eigenvalue weighted by molar-refractivity contribution is -0.117. The summed E-state index contributed by atoms with van der Waals surface area (Å²) >= 11 is 0. The second-order valence-electron chi connectivity index (χ2n) is 8.39. The van der Waals surface area contributed by atoms with Gasteiger partial charge in [0.2, 0.25) is 5.91 Å². The first kappa shape index (κ1) is 23.5. The second kappa shape index (κ2) is 9.30. The van der Waals surface area contributed by atoms with Crippen molar-refractivity contribution >= 4 is 33.2 Å². The number of amides is 2. The summed E-state index contributed by atoms with van der Waals surface area (Å²) in [5.41, 5.74) is 3.65. The Morgan fingerprint density at radius 2 is 1.59 bits per heavy atom. The zero-order chi connectivity index (χ0) is 24.5. The van der Waals surface area contributed by atoms with Gasteiger partial charge in [-0.2, -0.15) is 0 Å². The molecule has 2 amide bonds. The average molecular weight is 479 g/mol. The number of hydrogen-bond donors (Lipinski definition) is 0. The van der Waals surface area contributed by atoms with E-state index in [1.807, 2.05) is 55.5 Å². The molecular formula is C26H26N2O5S. The van der Waals surface area contributed by atoms with Crippen LogP contribution in [0, 0.1) is 0 Å². The van der Waals surface area contributed by atoms with Crippen LogP contribution in [0.5, 0.6) is 0 Å². The molecule has 0 spiro atoms. The number of ether oxygens (including phenoxy) is 1. The molecule has 0 bridgehead atoms. The number of benzene rings is 3. The zero-order valence-electron chi connectivity index (χ0n) is 19.3. The van der Waals surface area contributed by atoms with Crippen LogP contribution in [0.4, 0.5) is 16.2 Å². The van der Waals surface area contributed by atoms with Crippen LogP contribution in [-0.4, -0.2) is 39.3 Å². The minimum Gasteiger partial charge on any atom is -0.444 e. The summed E-state index contributed by atoms with van der Waals surface area (Å²) in [6.45, 7) is 3.82. The van der Waals surface area contributed by atoms with Crippen LogP contribution in [-0.2, 0) is 26.0 Å². The van der Waals surface area contributed by atoms with Gasteiger partial charge < -0.3 is 9.64 Å². The van der Waals surface area contributed by atoms with Crippen LogP contribution in [0.15, 0.2) is 77.7 Å². The third kappa shape index (κ3) is 4.82. The Morgan fingerprint density at radius 3 is 2.21 bits per heavy atom. The van der Waals surface area contributed by atoms with Crippen molar-refractivity contribution in [2.45, 2.75) is 31.4 Å². The fraction of sp³-hybridized carbons (Fsp3) is 0.231. The third-order valence-corrected chi connectivity index (χ3v) is 6.92. The summed E-state index contributed by atoms with van der Waals surface area (Å²) in [6.07, 6.45) is 0.668. The molecular weight excluding hydrogens is 452 g/mol. The van der Waals surface area contributed by atoms with Crippen molar-refractivity contribution in [3.05, 3.63) is 78.4 Å². The smallest absolute Gasteiger partial charge is 0.414 e. The summed E-state index contributed by atoms with van der Waals surface area (Å²) in [6, 6.07) is 21.3. The van der Waals surface area contributed by atoms with E-state index < -0.39 is 15.9 Å². The highest BCUT2D eigenvalue weighted by molar-refractivity contribution is 7.90. The third-order valence-electron chi connectivity index (χ3n) is 5.79. The standard InChI is InChI=1S/C26H26N2O5S/c1-18-16-27(26(30)33-17-20-7-5-4-6-8-20)25-15-22(11-14-24(25)28(18)19(2)29)21-9-12-23(13-10-21)34(3,31)32/h4-15,18H,16-17H2,1-3H3. The molecule has 0 N–H and O–H groups in total. The highest BCUT2D eigenvalue weighted by atomic mass is 32.2. The summed E-state index contributed by atoms with van der Waals surface area (Å²) in [4.78, 5) is 28.9. The van der Waals surface area contributed by atoms with E-state index in [4.69, 9.17) is 4.74 Å². The molecule has 34 heavy (non-hydrogen) atoms. The van der Waals surface area contributed by atoms with Crippen molar-refractivity contribution in [2.24, 2.45) is 0 Å². The maximum absolute atomic E-state index is 13.1. The second-order valence-corrected chi connectivity index (χ2v) is 10.4. The number of fused-ring (bicyclic) bond motifs is 1. The van der Waals surface area contributed by atoms with Gasteiger partial charge >= 0.3 is 6.09 Å². The monoisotopic (exact) mass is 478 g/mol. The first-order chi connectivity index (χ1) is 16.1. The number of carbonyl (C=O) groups excluding carboxylic acids is 2. The van der Waals surface area contributed by atoms with Crippen LogP contribution in [0.2, 0.25) is 0 Å². The van der Waals surface area contributed by atoms with Gasteiger partial charge in [-0.1, -0.05) is 48.5 Å². The van der Waals surface area contributed by atoms with E-state index in [0.717, 1.165) is 22.9 Å². The van der Waals surface area contributed by atoms with Gasteiger partial charge in [0.15, 0.2) is 9.84 Å². The van der Waals surface area contributed by atoms with E-state index in [1.54, 1.807) is 34.1 Å². The lowest BCUT2D eigenvalue weighted by atomic mass is 10.0. The molecule has 0 radical (unpaired) electrons. The van der Waals surface area contributed by atoms with Gasteiger partial charge in [-0.3, -0.25) is 9.69 Å². The molecule has 1 unspecified atom stereocenters. The normalized spacial score (nSPS) is 15.6. The Bertz CT molecular complexity index is 1320. The lowest BCUT2D eigenvalue weighted by Crippen LogP contribution is -2.51. The Morgan fingerprint density at radius 1 is 0.941 bits per heavy atom. The lowest BCUT2D eigenvalue weighted by Gasteiger charge is -2.40. The molecule has 1 aliphatic rings. The molecule has 0 saturated carbocycles. The van der Waals surface area contributed by atoms with Crippen molar-refractivity contribution in [1.82, 2.24) is 0 Å². The van der Waals surface area contributed by atoms with Crippen LogP contribution < -0.4 is 9.80 Å². The van der Waals surface area contributed by atoms with Crippen molar-refractivity contribution in [3.63, 3.8) is 0 Å². The molecule has 1 aliphatic heterocycles. The molecule has 0 fully saturated rings. The molecule has 0 aromatic heterocycles. The summed E-state index contributed by atoms with van der Waals surface area (Å²) in [5, 5.41) is 0. The van der Waals surface area contributed by atoms with E-state index in [1.165, 1.54) is 6.92 Å². The number of carbonyl (C=O) groups is 2.